The van der Waals surface area contributed by atoms with Gasteiger partial charge < -0.3 is 15.3 Å². The van der Waals surface area contributed by atoms with E-state index in [2.05, 4.69) is 62.3 Å². The van der Waals surface area contributed by atoms with Crippen molar-refractivity contribution in [3.05, 3.63) is 60.2 Å². The molecule has 7 nitrogen and oxygen atoms in total. The lowest BCUT2D eigenvalue weighted by molar-refractivity contribution is -0.145. The molecule has 3 unspecified atom stereocenters. The SMILES string of the molecule is CC[C@H](NC1CCN(CC2CN(C(C(=O)O)C3CCCCC3)CC2c2ccccc2)CC1)c1cnccn1. The molecule has 5 rings (SSSR count). The van der Waals surface area contributed by atoms with Crippen LogP contribution in [-0.4, -0.2) is 75.7 Å². The maximum absolute atomic E-state index is 12.5. The topological polar surface area (TPSA) is 81.6 Å². The minimum Gasteiger partial charge on any atom is -0.480 e. The second-order valence-electron chi connectivity index (χ2n) is 11.7. The van der Waals surface area contributed by atoms with Gasteiger partial charge in [0.25, 0.3) is 0 Å². The van der Waals surface area contributed by atoms with Crippen LogP contribution in [0.25, 0.3) is 0 Å². The van der Waals surface area contributed by atoms with Gasteiger partial charge in [-0.2, -0.15) is 0 Å². The van der Waals surface area contributed by atoms with Crippen molar-refractivity contribution >= 4 is 5.97 Å². The van der Waals surface area contributed by atoms with E-state index in [1.165, 1.54) is 24.8 Å². The Labute approximate surface area is 228 Å². The first-order chi connectivity index (χ1) is 18.6. The molecule has 7 heteroatoms. The standard InChI is InChI=1S/C31H45N5O2/c1-2-28(29-19-32-15-16-33-29)34-26-13-17-35(18-14-26)20-25-21-36(22-27(25)23-9-5-3-6-10-23)30(31(37)38)24-11-7-4-8-12-24/h3,5-6,9-10,15-16,19,24-28,30,34H,2,4,7-8,11-14,17-18,20-22H2,1H3,(H,37,38)/t25?,27?,28-,30?/m0/s1. The highest BCUT2D eigenvalue weighted by Gasteiger charge is 2.43. The fourth-order valence-electron chi connectivity index (χ4n) is 7.30. The summed E-state index contributed by atoms with van der Waals surface area (Å²) in [5.74, 6) is 0.512. The van der Waals surface area contributed by atoms with Crippen molar-refractivity contribution in [1.82, 2.24) is 25.1 Å². The normalized spacial score (nSPS) is 25.8. The first-order valence-electron chi connectivity index (χ1n) is 14.9. The van der Waals surface area contributed by atoms with Crippen molar-refractivity contribution in [3.8, 4) is 0 Å². The summed E-state index contributed by atoms with van der Waals surface area (Å²) in [5.41, 5.74) is 2.39. The van der Waals surface area contributed by atoms with Gasteiger partial charge in [-0.15, -0.1) is 0 Å². The van der Waals surface area contributed by atoms with Gasteiger partial charge in [0.15, 0.2) is 0 Å². The van der Waals surface area contributed by atoms with E-state index >= 15 is 0 Å². The smallest absolute Gasteiger partial charge is 0.321 e. The highest BCUT2D eigenvalue weighted by atomic mass is 16.4. The van der Waals surface area contributed by atoms with Crippen molar-refractivity contribution in [2.45, 2.75) is 82.3 Å². The summed E-state index contributed by atoms with van der Waals surface area (Å²) in [6, 6.07) is 11.2. The molecule has 2 N–H and O–H groups in total. The number of nitrogens with one attached hydrogen (secondary N) is 1. The lowest BCUT2D eigenvalue weighted by Crippen LogP contribution is -2.47. The Balaban J connectivity index is 1.22. The fourth-order valence-corrected chi connectivity index (χ4v) is 7.30. The van der Waals surface area contributed by atoms with E-state index in [1.807, 2.05) is 6.20 Å². The molecule has 0 radical (unpaired) electrons. The number of hydrogen-bond donors (Lipinski definition) is 2. The average Bonchev–Trinajstić information content (AvgIpc) is 3.37. The number of hydrogen-bond acceptors (Lipinski definition) is 6. The van der Waals surface area contributed by atoms with Crippen LogP contribution in [0.15, 0.2) is 48.9 Å². The van der Waals surface area contributed by atoms with Crippen molar-refractivity contribution in [2.75, 3.05) is 32.7 Å². The van der Waals surface area contributed by atoms with Gasteiger partial charge in [-0.05, 0) is 62.6 Å². The molecule has 206 valence electrons. The maximum Gasteiger partial charge on any atom is 0.321 e. The Hall–Kier alpha value is -2.35. The molecule has 2 aliphatic heterocycles. The van der Waals surface area contributed by atoms with Crippen LogP contribution >= 0.6 is 0 Å². The minimum absolute atomic E-state index is 0.249. The van der Waals surface area contributed by atoms with Gasteiger partial charge in [-0.3, -0.25) is 19.7 Å². The van der Waals surface area contributed by atoms with Crippen LogP contribution < -0.4 is 5.32 Å². The molecule has 2 saturated heterocycles. The first kappa shape index (κ1) is 27.2. The third kappa shape index (κ3) is 6.61. The molecule has 1 aliphatic carbocycles. The molecule has 0 bridgehead atoms. The molecule has 38 heavy (non-hydrogen) atoms. The summed E-state index contributed by atoms with van der Waals surface area (Å²) in [6.45, 7) is 7.15. The Bertz CT molecular complexity index is 992. The first-order valence-corrected chi connectivity index (χ1v) is 14.9. The Kier molecular flexibility index (Phi) is 9.41. The molecular formula is C31H45N5O2. The third-order valence-corrected chi connectivity index (χ3v) is 9.31. The molecule has 0 amide bonds. The average molecular weight is 520 g/mol. The van der Waals surface area contributed by atoms with Crippen LogP contribution in [-0.2, 0) is 4.79 Å². The summed E-state index contributed by atoms with van der Waals surface area (Å²) < 4.78 is 0. The molecule has 1 aromatic heterocycles. The molecule has 1 aromatic carbocycles. The van der Waals surface area contributed by atoms with E-state index in [0.717, 1.165) is 70.5 Å². The number of nitrogens with zero attached hydrogens (tertiary/aromatic N) is 4. The van der Waals surface area contributed by atoms with Crippen molar-refractivity contribution in [2.24, 2.45) is 11.8 Å². The second-order valence-corrected chi connectivity index (χ2v) is 11.7. The van der Waals surface area contributed by atoms with Gasteiger partial charge >= 0.3 is 5.97 Å². The quantitative estimate of drug-likeness (QED) is 0.470. The predicted molar refractivity (Wildman–Crippen MR) is 150 cm³/mol. The molecule has 1 saturated carbocycles. The zero-order valence-corrected chi connectivity index (χ0v) is 22.9. The van der Waals surface area contributed by atoms with Crippen molar-refractivity contribution in [3.63, 3.8) is 0 Å². The zero-order valence-electron chi connectivity index (χ0n) is 22.9. The maximum atomic E-state index is 12.5. The number of aromatic nitrogens is 2. The number of carbonyl (C=O) groups is 1. The van der Waals surface area contributed by atoms with E-state index in [0.29, 0.717) is 23.8 Å². The van der Waals surface area contributed by atoms with Crippen LogP contribution in [0.3, 0.4) is 0 Å². The summed E-state index contributed by atoms with van der Waals surface area (Å²) in [7, 11) is 0. The lowest BCUT2D eigenvalue weighted by atomic mass is 9.83. The number of aliphatic carboxylic acids is 1. The minimum atomic E-state index is -0.621. The molecule has 3 aliphatic rings. The van der Waals surface area contributed by atoms with Crippen molar-refractivity contribution < 1.29 is 9.90 Å². The van der Waals surface area contributed by atoms with Crippen LogP contribution in [0, 0.1) is 11.8 Å². The summed E-state index contributed by atoms with van der Waals surface area (Å²) >= 11 is 0. The number of benzene rings is 1. The number of likely N-dealkylation sites (tertiary alicyclic amines) is 2. The summed E-state index contributed by atoms with van der Waals surface area (Å²) in [5, 5.41) is 14.1. The number of carboxylic acid groups (broad SMARTS) is 1. The van der Waals surface area contributed by atoms with E-state index in [4.69, 9.17) is 0 Å². The van der Waals surface area contributed by atoms with Gasteiger partial charge in [-0.25, -0.2) is 0 Å². The van der Waals surface area contributed by atoms with Crippen LogP contribution in [0.1, 0.15) is 81.5 Å². The highest BCUT2D eigenvalue weighted by Crippen LogP contribution is 2.38. The third-order valence-electron chi connectivity index (χ3n) is 9.31. The fraction of sp³-hybridized carbons (Fsp3) is 0.645. The number of carboxylic acids is 1. The van der Waals surface area contributed by atoms with Gasteiger partial charge in [0.05, 0.1) is 11.7 Å². The molecule has 0 spiro atoms. The Morgan fingerprint density at radius 1 is 1.05 bits per heavy atom. The zero-order chi connectivity index (χ0) is 26.3. The van der Waals surface area contributed by atoms with Gasteiger partial charge in [0.2, 0.25) is 0 Å². The van der Waals surface area contributed by atoms with E-state index < -0.39 is 5.97 Å². The Morgan fingerprint density at radius 3 is 2.47 bits per heavy atom. The second kappa shape index (κ2) is 13.1. The monoisotopic (exact) mass is 519 g/mol. The predicted octanol–water partition coefficient (Wildman–Crippen LogP) is 4.73. The van der Waals surface area contributed by atoms with E-state index in [-0.39, 0.29) is 12.1 Å². The van der Waals surface area contributed by atoms with Gasteiger partial charge in [-0.1, -0.05) is 56.5 Å². The molecule has 4 atom stereocenters. The summed E-state index contributed by atoms with van der Waals surface area (Å²) in [4.78, 5) is 26.2. The van der Waals surface area contributed by atoms with Crippen LogP contribution in [0.5, 0.6) is 0 Å². The number of rotatable bonds is 10. The Morgan fingerprint density at radius 2 is 1.82 bits per heavy atom. The van der Waals surface area contributed by atoms with Gasteiger partial charge in [0.1, 0.15) is 6.04 Å². The molecular weight excluding hydrogens is 474 g/mol. The molecule has 3 fully saturated rings. The highest BCUT2D eigenvalue weighted by molar-refractivity contribution is 5.74. The lowest BCUT2D eigenvalue weighted by Gasteiger charge is -2.36. The van der Waals surface area contributed by atoms with E-state index in [1.54, 1.807) is 12.4 Å². The van der Waals surface area contributed by atoms with Crippen LogP contribution in [0.4, 0.5) is 0 Å². The largest absolute Gasteiger partial charge is 0.480 e. The van der Waals surface area contributed by atoms with Crippen LogP contribution in [0.2, 0.25) is 0 Å². The van der Waals surface area contributed by atoms with Gasteiger partial charge in [0, 0.05) is 50.2 Å². The van der Waals surface area contributed by atoms with Crippen molar-refractivity contribution in [1.29, 1.82) is 0 Å². The van der Waals surface area contributed by atoms with E-state index in [9.17, 15) is 9.90 Å². The summed E-state index contributed by atoms with van der Waals surface area (Å²) in [6.07, 6.45) is 14.4. The number of piperidine rings is 1. The molecule has 2 aromatic rings. The molecule has 3 heterocycles.